The van der Waals surface area contributed by atoms with Crippen molar-refractivity contribution >= 4 is 15.9 Å². The number of halogens is 1. The van der Waals surface area contributed by atoms with E-state index in [1.807, 2.05) is 12.1 Å². The van der Waals surface area contributed by atoms with Crippen LogP contribution in [0.5, 0.6) is 5.75 Å². The smallest absolute Gasteiger partial charge is 0.148 e. The number of hydrogen-bond donors (Lipinski definition) is 1. The van der Waals surface area contributed by atoms with Crippen LogP contribution in [0.25, 0.3) is 0 Å². The summed E-state index contributed by atoms with van der Waals surface area (Å²) in [4.78, 5) is 2.54. The lowest BCUT2D eigenvalue weighted by molar-refractivity contribution is 0.190. The van der Waals surface area contributed by atoms with Gasteiger partial charge in [-0.15, -0.1) is 6.42 Å². The topological polar surface area (TPSA) is 24.5 Å². The number of hydrogen-bond acceptors (Lipinski definition) is 3. The van der Waals surface area contributed by atoms with Gasteiger partial charge in [-0.05, 0) is 49.7 Å². The van der Waals surface area contributed by atoms with Gasteiger partial charge in [0, 0.05) is 29.2 Å². The molecule has 0 spiro atoms. The number of benzene rings is 2. The lowest BCUT2D eigenvalue weighted by atomic mass is 10.0. The quantitative estimate of drug-likeness (QED) is 0.689. The zero-order valence-electron chi connectivity index (χ0n) is 15.0. The summed E-state index contributed by atoms with van der Waals surface area (Å²) in [5.74, 6) is 3.39. The number of nitrogens with zero attached hydrogens (tertiary/aromatic N) is 1. The van der Waals surface area contributed by atoms with Gasteiger partial charge in [-0.2, -0.15) is 0 Å². The van der Waals surface area contributed by atoms with Gasteiger partial charge in [-0.1, -0.05) is 52.2 Å². The van der Waals surface area contributed by atoms with E-state index in [9.17, 15) is 0 Å². The summed E-state index contributed by atoms with van der Waals surface area (Å²) in [6.45, 7) is 4.40. The summed E-state index contributed by atoms with van der Waals surface area (Å²) in [5.41, 5.74) is 2.53. The van der Waals surface area contributed by atoms with Gasteiger partial charge in [0.05, 0.1) is 0 Å². The molecule has 0 saturated carbocycles. The minimum absolute atomic E-state index is 0.298. The number of nitrogens with one attached hydrogen (secondary N) is 1. The third kappa shape index (κ3) is 5.60. The van der Waals surface area contributed by atoms with Crippen molar-refractivity contribution in [1.29, 1.82) is 0 Å². The molecular weight excluding hydrogens is 388 g/mol. The van der Waals surface area contributed by atoms with Crippen LogP contribution in [0.2, 0.25) is 0 Å². The first-order valence-corrected chi connectivity index (χ1v) is 9.88. The molecule has 2 aromatic rings. The average Bonchev–Trinajstić information content (AvgIpc) is 2.67. The number of likely N-dealkylation sites (tertiary alicyclic amines) is 1. The summed E-state index contributed by atoms with van der Waals surface area (Å²) in [6.07, 6.45) is 7.65. The van der Waals surface area contributed by atoms with Gasteiger partial charge < -0.3 is 10.1 Å². The number of terminal acetylenes is 1. The summed E-state index contributed by atoms with van der Waals surface area (Å²) >= 11 is 3.54. The van der Waals surface area contributed by atoms with Crippen molar-refractivity contribution in [3.8, 4) is 18.1 Å². The van der Waals surface area contributed by atoms with E-state index < -0.39 is 0 Å². The molecule has 26 heavy (non-hydrogen) atoms. The monoisotopic (exact) mass is 412 g/mol. The second-order valence-corrected chi connectivity index (χ2v) is 7.58. The molecule has 0 atom stereocenters. The lowest BCUT2D eigenvalue weighted by Crippen LogP contribution is -2.41. The molecule has 1 heterocycles. The van der Waals surface area contributed by atoms with Crippen molar-refractivity contribution in [3.05, 3.63) is 64.1 Å². The Balaban J connectivity index is 1.48. The largest absolute Gasteiger partial charge is 0.481 e. The molecule has 3 rings (SSSR count). The molecule has 1 saturated heterocycles. The van der Waals surface area contributed by atoms with E-state index in [0.717, 1.165) is 42.0 Å². The van der Waals surface area contributed by atoms with Gasteiger partial charge in [0.2, 0.25) is 0 Å². The highest BCUT2D eigenvalue weighted by atomic mass is 79.9. The SMILES string of the molecule is C#CCOc1ccc(Br)cc1CNC1CCN(Cc2ccccc2)CC1. The Labute approximate surface area is 164 Å². The molecule has 0 aliphatic carbocycles. The molecule has 1 fully saturated rings. The van der Waals surface area contributed by atoms with Crippen molar-refractivity contribution in [2.24, 2.45) is 0 Å². The van der Waals surface area contributed by atoms with Crippen LogP contribution in [0.15, 0.2) is 53.0 Å². The Bertz CT molecular complexity index is 734. The van der Waals surface area contributed by atoms with Gasteiger partial charge in [-0.25, -0.2) is 0 Å². The number of ether oxygens (including phenoxy) is 1. The molecule has 1 aliphatic rings. The molecule has 136 valence electrons. The molecule has 3 nitrogen and oxygen atoms in total. The Kier molecular flexibility index (Phi) is 7.13. The summed E-state index contributed by atoms with van der Waals surface area (Å²) in [6, 6.07) is 17.3. The second-order valence-electron chi connectivity index (χ2n) is 6.66. The Morgan fingerprint density at radius 1 is 1.15 bits per heavy atom. The van der Waals surface area contributed by atoms with E-state index in [0.29, 0.717) is 12.6 Å². The fourth-order valence-corrected chi connectivity index (χ4v) is 3.75. The fraction of sp³-hybridized carbons (Fsp3) is 0.364. The third-order valence-electron chi connectivity index (χ3n) is 4.75. The number of piperidine rings is 1. The minimum Gasteiger partial charge on any atom is -0.481 e. The molecule has 0 unspecified atom stereocenters. The molecular formula is C22H25BrN2O. The van der Waals surface area contributed by atoms with E-state index >= 15 is 0 Å². The summed E-state index contributed by atoms with van der Waals surface area (Å²) in [7, 11) is 0. The van der Waals surface area contributed by atoms with Gasteiger partial charge in [0.1, 0.15) is 12.4 Å². The maximum Gasteiger partial charge on any atom is 0.148 e. The minimum atomic E-state index is 0.298. The summed E-state index contributed by atoms with van der Waals surface area (Å²) < 4.78 is 6.72. The van der Waals surface area contributed by atoms with Crippen molar-refractivity contribution < 1.29 is 4.74 Å². The highest BCUT2D eigenvalue weighted by Gasteiger charge is 2.19. The number of rotatable bonds is 7. The molecule has 1 aliphatic heterocycles. The van der Waals surface area contributed by atoms with E-state index in [1.54, 1.807) is 0 Å². The first-order valence-electron chi connectivity index (χ1n) is 9.09. The average molecular weight is 413 g/mol. The lowest BCUT2D eigenvalue weighted by Gasteiger charge is -2.32. The van der Waals surface area contributed by atoms with E-state index in [1.165, 1.54) is 18.4 Å². The third-order valence-corrected chi connectivity index (χ3v) is 5.24. The van der Waals surface area contributed by atoms with Crippen LogP contribution < -0.4 is 10.1 Å². The molecule has 0 aromatic heterocycles. The molecule has 0 radical (unpaired) electrons. The predicted molar refractivity (Wildman–Crippen MR) is 110 cm³/mol. The molecule has 0 amide bonds. The highest BCUT2D eigenvalue weighted by Crippen LogP contribution is 2.24. The Morgan fingerprint density at radius 2 is 1.92 bits per heavy atom. The van der Waals surface area contributed by atoms with Crippen LogP contribution in [0.4, 0.5) is 0 Å². The molecule has 2 aromatic carbocycles. The van der Waals surface area contributed by atoms with Gasteiger partial charge in [0.25, 0.3) is 0 Å². The normalized spacial score (nSPS) is 15.5. The fourth-order valence-electron chi connectivity index (χ4n) is 3.34. The molecule has 4 heteroatoms. The summed E-state index contributed by atoms with van der Waals surface area (Å²) in [5, 5.41) is 3.69. The first-order chi connectivity index (χ1) is 12.7. The van der Waals surface area contributed by atoms with E-state index in [2.05, 4.69) is 68.5 Å². The van der Waals surface area contributed by atoms with E-state index in [-0.39, 0.29) is 0 Å². The van der Waals surface area contributed by atoms with Crippen molar-refractivity contribution in [2.45, 2.75) is 32.0 Å². The first kappa shape index (κ1) is 19.0. The molecule has 0 bridgehead atoms. The van der Waals surface area contributed by atoms with Gasteiger partial charge in [0.15, 0.2) is 0 Å². The van der Waals surface area contributed by atoms with Crippen LogP contribution in [0.3, 0.4) is 0 Å². The Morgan fingerprint density at radius 3 is 2.65 bits per heavy atom. The Hall–Kier alpha value is -1.80. The maximum atomic E-state index is 5.66. The van der Waals surface area contributed by atoms with Gasteiger partial charge >= 0.3 is 0 Å². The van der Waals surface area contributed by atoms with Crippen molar-refractivity contribution in [2.75, 3.05) is 19.7 Å². The van der Waals surface area contributed by atoms with E-state index in [4.69, 9.17) is 11.2 Å². The van der Waals surface area contributed by atoms with Crippen LogP contribution >= 0.6 is 15.9 Å². The van der Waals surface area contributed by atoms with Crippen LogP contribution in [-0.2, 0) is 13.1 Å². The standard InChI is InChI=1S/C22H25BrN2O/c1-2-14-26-22-9-8-20(23)15-19(22)16-24-21-10-12-25(13-11-21)17-18-6-4-3-5-7-18/h1,3-9,15,21,24H,10-14,16-17H2. The van der Waals surface area contributed by atoms with Crippen LogP contribution in [-0.4, -0.2) is 30.6 Å². The second kappa shape index (κ2) is 9.78. The zero-order valence-corrected chi connectivity index (χ0v) is 16.5. The van der Waals surface area contributed by atoms with Gasteiger partial charge in [-0.3, -0.25) is 4.90 Å². The van der Waals surface area contributed by atoms with Crippen LogP contribution in [0.1, 0.15) is 24.0 Å². The van der Waals surface area contributed by atoms with Crippen molar-refractivity contribution in [1.82, 2.24) is 10.2 Å². The maximum absolute atomic E-state index is 5.66. The zero-order chi connectivity index (χ0) is 18.2. The van der Waals surface area contributed by atoms with Crippen LogP contribution in [0, 0.1) is 12.3 Å². The predicted octanol–water partition coefficient (Wildman–Crippen LogP) is 4.22. The highest BCUT2D eigenvalue weighted by molar-refractivity contribution is 9.10. The molecule has 1 N–H and O–H groups in total. The van der Waals surface area contributed by atoms with Crippen molar-refractivity contribution in [3.63, 3.8) is 0 Å².